The van der Waals surface area contributed by atoms with Gasteiger partial charge in [-0.25, -0.2) is 4.39 Å². The van der Waals surface area contributed by atoms with Crippen molar-refractivity contribution in [2.45, 2.75) is 0 Å². The van der Waals surface area contributed by atoms with E-state index < -0.39 is 5.91 Å². The van der Waals surface area contributed by atoms with Gasteiger partial charge < -0.3 is 10.2 Å². The van der Waals surface area contributed by atoms with Crippen molar-refractivity contribution < 1.29 is 14.0 Å². The third kappa shape index (κ3) is 5.49. The van der Waals surface area contributed by atoms with Crippen LogP contribution in [0.1, 0.15) is 15.9 Å². The molecule has 2 N–H and O–H groups in total. The lowest BCUT2D eigenvalue weighted by Gasteiger charge is -2.15. The molecule has 0 atom stereocenters. The average Bonchev–Trinajstić information content (AvgIpc) is 2.61. The molecule has 0 heterocycles. The van der Waals surface area contributed by atoms with Gasteiger partial charge in [-0.15, -0.1) is 0 Å². The minimum absolute atomic E-state index is 0.0674. The molecule has 7 heteroatoms. The Labute approximate surface area is 156 Å². The minimum atomic E-state index is -0.441. The molecule has 0 saturated heterocycles. The zero-order valence-electron chi connectivity index (χ0n) is 14.3. The summed E-state index contributed by atoms with van der Waals surface area (Å²) >= 11 is 5.12. The second kappa shape index (κ2) is 8.87. The van der Waals surface area contributed by atoms with Gasteiger partial charge in [0.15, 0.2) is 5.11 Å². The molecule has 2 aromatic carbocycles. The number of hydrogen-bond donors (Lipinski definition) is 2. The number of halogens is 1. The van der Waals surface area contributed by atoms with Crippen LogP contribution in [-0.2, 0) is 4.79 Å². The Hall–Kier alpha value is -3.06. The summed E-state index contributed by atoms with van der Waals surface area (Å²) in [6, 6.07) is 12.6. The van der Waals surface area contributed by atoms with Crippen molar-refractivity contribution in [3.05, 3.63) is 71.6 Å². The van der Waals surface area contributed by atoms with Crippen LogP contribution in [0.5, 0.6) is 0 Å². The van der Waals surface area contributed by atoms with Gasteiger partial charge in [0.05, 0.1) is 11.3 Å². The second-order valence-corrected chi connectivity index (χ2v) is 5.98. The van der Waals surface area contributed by atoms with Crippen LogP contribution in [0, 0.1) is 5.82 Å². The van der Waals surface area contributed by atoms with Crippen molar-refractivity contribution in [3.63, 3.8) is 0 Å². The molecule has 0 saturated carbocycles. The Morgan fingerprint density at radius 3 is 2.38 bits per heavy atom. The number of nitrogens with zero attached hydrogens (tertiary/aromatic N) is 1. The summed E-state index contributed by atoms with van der Waals surface area (Å²) in [5.41, 5.74) is 1.62. The molecule has 2 amide bonds. The van der Waals surface area contributed by atoms with E-state index in [0.717, 1.165) is 0 Å². The molecule has 0 radical (unpaired) electrons. The summed E-state index contributed by atoms with van der Waals surface area (Å²) in [7, 11) is 3.30. The zero-order valence-corrected chi connectivity index (χ0v) is 15.1. The molecule has 0 aromatic heterocycles. The predicted molar refractivity (Wildman–Crippen MR) is 104 cm³/mol. The first-order chi connectivity index (χ1) is 12.4. The number of carbonyl (C=O) groups excluding carboxylic acids is 2. The number of thiocarbonyl (C=S) groups is 1. The molecule has 0 bridgehead atoms. The van der Waals surface area contributed by atoms with Crippen LogP contribution in [0.25, 0.3) is 6.08 Å². The number of rotatable bonds is 4. The summed E-state index contributed by atoms with van der Waals surface area (Å²) < 4.78 is 12.8. The molecule has 26 heavy (non-hydrogen) atoms. The smallest absolute Gasteiger partial charge is 0.255 e. The van der Waals surface area contributed by atoms with Gasteiger partial charge in [0.2, 0.25) is 5.91 Å². The van der Waals surface area contributed by atoms with E-state index in [1.165, 1.54) is 23.1 Å². The highest BCUT2D eigenvalue weighted by Gasteiger charge is 2.13. The fraction of sp³-hybridized carbons (Fsp3) is 0.105. The number of nitrogens with one attached hydrogen (secondary N) is 2. The Balaban J connectivity index is 1.99. The van der Waals surface area contributed by atoms with Crippen molar-refractivity contribution in [2.24, 2.45) is 0 Å². The Kier molecular flexibility index (Phi) is 6.57. The first kappa shape index (κ1) is 19.3. The van der Waals surface area contributed by atoms with E-state index in [0.29, 0.717) is 16.8 Å². The lowest BCUT2D eigenvalue weighted by Crippen LogP contribution is -2.33. The average molecular weight is 371 g/mol. The SMILES string of the molecule is CN(C)C(=O)c1ccccc1NC(=S)NC(=O)/C=C/c1ccc(F)cc1. The van der Waals surface area contributed by atoms with Gasteiger partial charge in [0.1, 0.15) is 5.82 Å². The highest BCUT2D eigenvalue weighted by Crippen LogP contribution is 2.16. The Bertz CT molecular complexity index is 848. The number of anilines is 1. The molecule has 0 unspecified atom stereocenters. The van der Waals surface area contributed by atoms with Crippen molar-refractivity contribution >= 4 is 40.9 Å². The Morgan fingerprint density at radius 1 is 1.08 bits per heavy atom. The lowest BCUT2D eigenvalue weighted by atomic mass is 10.1. The molecular weight excluding hydrogens is 353 g/mol. The maximum absolute atomic E-state index is 12.8. The normalized spacial score (nSPS) is 10.4. The van der Waals surface area contributed by atoms with Gasteiger partial charge in [-0.05, 0) is 48.1 Å². The van der Waals surface area contributed by atoms with Crippen LogP contribution in [-0.4, -0.2) is 35.9 Å². The number of para-hydroxylation sites is 1. The fourth-order valence-electron chi connectivity index (χ4n) is 2.07. The highest BCUT2D eigenvalue weighted by molar-refractivity contribution is 7.80. The van der Waals surface area contributed by atoms with E-state index >= 15 is 0 Å². The molecule has 0 spiro atoms. The lowest BCUT2D eigenvalue weighted by molar-refractivity contribution is -0.115. The summed E-state index contributed by atoms with van der Waals surface area (Å²) in [4.78, 5) is 25.6. The van der Waals surface area contributed by atoms with E-state index in [1.807, 2.05) is 0 Å². The van der Waals surface area contributed by atoms with Crippen LogP contribution in [0.3, 0.4) is 0 Å². The number of carbonyl (C=O) groups is 2. The van der Waals surface area contributed by atoms with Crippen molar-refractivity contribution in [1.29, 1.82) is 0 Å². The quantitative estimate of drug-likeness (QED) is 0.641. The summed E-state index contributed by atoms with van der Waals surface area (Å²) in [6.45, 7) is 0. The van der Waals surface area contributed by atoms with Crippen LogP contribution in [0.15, 0.2) is 54.6 Å². The van der Waals surface area contributed by atoms with Crippen LogP contribution in [0.2, 0.25) is 0 Å². The van der Waals surface area contributed by atoms with Gasteiger partial charge in [0, 0.05) is 20.2 Å². The molecule has 134 valence electrons. The fourth-order valence-corrected chi connectivity index (χ4v) is 2.28. The summed E-state index contributed by atoms with van der Waals surface area (Å²) in [6.07, 6.45) is 2.83. The van der Waals surface area contributed by atoms with E-state index in [9.17, 15) is 14.0 Å². The molecule has 0 aliphatic carbocycles. The first-order valence-electron chi connectivity index (χ1n) is 7.73. The molecule has 0 fully saturated rings. The maximum atomic E-state index is 12.8. The number of benzene rings is 2. The van der Waals surface area contributed by atoms with E-state index in [4.69, 9.17) is 12.2 Å². The topological polar surface area (TPSA) is 61.4 Å². The molecule has 0 aliphatic rings. The molecule has 0 aliphatic heterocycles. The van der Waals surface area contributed by atoms with Crippen LogP contribution in [0.4, 0.5) is 10.1 Å². The third-order valence-electron chi connectivity index (χ3n) is 3.35. The largest absolute Gasteiger partial charge is 0.345 e. The number of amides is 2. The Morgan fingerprint density at radius 2 is 1.73 bits per heavy atom. The van der Waals surface area contributed by atoms with Crippen molar-refractivity contribution in [1.82, 2.24) is 10.2 Å². The molecule has 2 rings (SSSR count). The maximum Gasteiger partial charge on any atom is 0.255 e. The third-order valence-corrected chi connectivity index (χ3v) is 3.55. The van der Waals surface area contributed by atoms with E-state index in [-0.39, 0.29) is 16.8 Å². The van der Waals surface area contributed by atoms with Gasteiger partial charge in [-0.1, -0.05) is 24.3 Å². The predicted octanol–water partition coefficient (Wildman–Crippen LogP) is 3.05. The molecule has 5 nitrogen and oxygen atoms in total. The molecular formula is C19H18FN3O2S. The van der Waals surface area contributed by atoms with Crippen molar-refractivity contribution in [3.8, 4) is 0 Å². The second-order valence-electron chi connectivity index (χ2n) is 5.57. The van der Waals surface area contributed by atoms with Crippen molar-refractivity contribution in [2.75, 3.05) is 19.4 Å². The minimum Gasteiger partial charge on any atom is -0.345 e. The van der Waals surface area contributed by atoms with Gasteiger partial charge >= 0.3 is 0 Å². The van der Waals surface area contributed by atoms with Gasteiger partial charge in [-0.2, -0.15) is 0 Å². The monoisotopic (exact) mass is 371 g/mol. The van der Waals surface area contributed by atoms with E-state index in [2.05, 4.69) is 10.6 Å². The summed E-state index contributed by atoms with van der Waals surface area (Å²) in [5.74, 6) is -0.968. The zero-order chi connectivity index (χ0) is 19.1. The first-order valence-corrected chi connectivity index (χ1v) is 8.14. The van der Waals surface area contributed by atoms with Gasteiger partial charge in [0.25, 0.3) is 5.91 Å². The van der Waals surface area contributed by atoms with Gasteiger partial charge in [-0.3, -0.25) is 14.9 Å². The highest BCUT2D eigenvalue weighted by atomic mass is 32.1. The standard InChI is InChI=1S/C19H18FN3O2S/c1-23(2)18(25)15-5-3-4-6-16(15)21-19(26)22-17(24)12-9-13-7-10-14(20)11-8-13/h3-12H,1-2H3,(H2,21,22,24,26)/b12-9+. The number of hydrogen-bond acceptors (Lipinski definition) is 3. The van der Waals surface area contributed by atoms with Crippen LogP contribution >= 0.6 is 12.2 Å². The van der Waals surface area contributed by atoms with Crippen LogP contribution < -0.4 is 10.6 Å². The van der Waals surface area contributed by atoms with E-state index in [1.54, 1.807) is 56.6 Å². The summed E-state index contributed by atoms with van der Waals surface area (Å²) in [5, 5.41) is 5.42. The molecule has 2 aromatic rings.